The average molecular weight is 423 g/mol. The number of anilines is 1. The minimum absolute atomic E-state index is 0. The Labute approximate surface area is 176 Å². The smallest absolute Gasteiger partial charge is 0.244 e. The van der Waals surface area contributed by atoms with Crippen LogP contribution in [-0.2, 0) is 11.4 Å². The maximum absolute atomic E-state index is 12.3. The fourth-order valence-corrected chi connectivity index (χ4v) is 3.34. The Kier molecular flexibility index (Phi) is 7.29. The first-order valence-corrected chi connectivity index (χ1v) is 8.88. The van der Waals surface area contributed by atoms with Crippen molar-refractivity contribution in [3.63, 3.8) is 0 Å². The molecule has 1 aromatic carbocycles. The maximum Gasteiger partial charge on any atom is 0.244 e. The summed E-state index contributed by atoms with van der Waals surface area (Å²) in [6.45, 7) is 0.388. The Hall–Kier alpha value is -2.28. The van der Waals surface area contributed by atoms with Crippen LogP contribution in [0.5, 0.6) is 5.75 Å². The molecule has 3 aromatic rings. The highest BCUT2D eigenvalue weighted by Gasteiger charge is 2.36. The number of hydrogen-bond acceptors (Lipinski definition) is 4. The zero-order valence-corrected chi connectivity index (χ0v) is 17.0. The van der Waals surface area contributed by atoms with E-state index in [1.165, 1.54) is 0 Å². The van der Waals surface area contributed by atoms with Crippen LogP contribution in [0.1, 0.15) is 31.4 Å². The minimum atomic E-state index is -0.724. The highest BCUT2D eigenvalue weighted by atomic mass is 35.5. The number of halogens is 2. The first-order chi connectivity index (χ1) is 12.6. The summed E-state index contributed by atoms with van der Waals surface area (Å²) in [6.07, 6.45) is 7.43. The summed E-state index contributed by atoms with van der Waals surface area (Å²) < 4.78 is 7.75. The molecule has 0 bridgehead atoms. The number of imidazole rings is 1. The molecule has 1 aliphatic carbocycles. The van der Waals surface area contributed by atoms with Gasteiger partial charge in [0.05, 0.1) is 11.2 Å². The van der Waals surface area contributed by atoms with Gasteiger partial charge in [-0.05, 0) is 49.2 Å². The van der Waals surface area contributed by atoms with Crippen LogP contribution in [-0.4, -0.2) is 20.8 Å². The lowest BCUT2D eigenvalue weighted by Gasteiger charge is -2.22. The van der Waals surface area contributed by atoms with Gasteiger partial charge in [0.15, 0.2) is 0 Å². The van der Waals surface area contributed by atoms with Crippen LogP contribution in [0, 0.1) is 0 Å². The van der Waals surface area contributed by atoms with Crippen molar-refractivity contribution in [2.75, 3.05) is 5.32 Å². The molecule has 4 rings (SSSR count). The van der Waals surface area contributed by atoms with Crippen LogP contribution in [0.2, 0.25) is 0 Å². The fraction of sp³-hybridized carbons (Fsp3) is 0.300. The summed E-state index contributed by atoms with van der Waals surface area (Å²) in [4.78, 5) is 16.8. The van der Waals surface area contributed by atoms with Crippen molar-refractivity contribution in [1.82, 2.24) is 9.38 Å². The number of pyridine rings is 1. The van der Waals surface area contributed by atoms with E-state index in [0.717, 1.165) is 48.5 Å². The molecule has 0 atom stereocenters. The summed E-state index contributed by atoms with van der Waals surface area (Å²) in [5.74, 6) is 0.622. The molecule has 3 N–H and O–H groups in total. The molecule has 8 heteroatoms. The monoisotopic (exact) mass is 422 g/mol. The lowest BCUT2D eigenvalue weighted by atomic mass is 9.98. The van der Waals surface area contributed by atoms with E-state index in [0.29, 0.717) is 6.61 Å². The second kappa shape index (κ2) is 9.28. The minimum Gasteiger partial charge on any atom is -0.487 e. The van der Waals surface area contributed by atoms with Crippen LogP contribution < -0.4 is 15.8 Å². The largest absolute Gasteiger partial charge is 0.487 e. The molecule has 0 unspecified atom stereocenters. The topological polar surface area (TPSA) is 81.7 Å². The Morgan fingerprint density at radius 3 is 2.54 bits per heavy atom. The van der Waals surface area contributed by atoms with Gasteiger partial charge in [0.2, 0.25) is 5.91 Å². The molecule has 28 heavy (non-hydrogen) atoms. The SMILES string of the molecule is Cl.Cl.NC1(C(=O)Nc2ccc(OCc3cn4ccccc4n3)cc2)CCCC1. The average Bonchev–Trinajstić information content (AvgIpc) is 3.28. The second-order valence-electron chi connectivity index (χ2n) is 6.83. The number of aromatic nitrogens is 2. The molecular formula is C20H24Cl2N4O2. The highest BCUT2D eigenvalue weighted by Crippen LogP contribution is 2.28. The second-order valence-corrected chi connectivity index (χ2v) is 6.83. The number of nitrogens with zero attached hydrogens (tertiary/aromatic N) is 2. The predicted molar refractivity (Wildman–Crippen MR) is 114 cm³/mol. The normalized spacial score (nSPS) is 14.8. The van der Waals surface area contributed by atoms with E-state index >= 15 is 0 Å². The Morgan fingerprint density at radius 1 is 1.14 bits per heavy atom. The van der Waals surface area contributed by atoms with E-state index in [1.54, 1.807) is 0 Å². The molecule has 150 valence electrons. The van der Waals surface area contributed by atoms with Crippen molar-refractivity contribution in [2.24, 2.45) is 5.73 Å². The molecule has 0 aliphatic heterocycles. The van der Waals surface area contributed by atoms with Gasteiger partial charge in [-0.25, -0.2) is 4.98 Å². The fourth-order valence-electron chi connectivity index (χ4n) is 3.34. The Balaban J connectivity index is 0.00000140. The zero-order valence-electron chi connectivity index (χ0n) is 15.3. The number of amides is 1. The zero-order chi connectivity index (χ0) is 18.0. The summed E-state index contributed by atoms with van der Waals surface area (Å²) in [5.41, 5.74) is 7.94. The molecule has 1 amide bonds. The number of carbonyl (C=O) groups is 1. The van der Waals surface area contributed by atoms with Crippen molar-refractivity contribution in [3.8, 4) is 5.75 Å². The van der Waals surface area contributed by atoms with Crippen molar-refractivity contribution < 1.29 is 9.53 Å². The molecular weight excluding hydrogens is 399 g/mol. The molecule has 1 aliphatic rings. The first kappa shape index (κ1) is 22.0. The molecule has 0 radical (unpaired) electrons. The van der Waals surface area contributed by atoms with Crippen molar-refractivity contribution >= 4 is 42.1 Å². The van der Waals surface area contributed by atoms with Crippen LogP contribution in [0.4, 0.5) is 5.69 Å². The molecule has 0 spiro atoms. The van der Waals surface area contributed by atoms with Gasteiger partial charge in [0, 0.05) is 18.1 Å². The molecule has 2 heterocycles. The van der Waals surface area contributed by atoms with Crippen molar-refractivity contribution in [2.45, 2.75) is 37.8 Å². The van der Waals surface area contributed by atoms with Gasteiger partial charge >= 0.3 is 0 Å². The van der Waals surface area contributed by atoms with Crippen LogP contribution >= 0.6 is 24.8 Å². The number of fused-ring (bicyclic) bond motifs is 1. The summed E-state index contributed by atoms with van der Waals surface area (Å²) in [5, 5.41) is 2.91. The van der Waals surface area contributed by atoms with Crippen LogP contribution in [0.3, 0.4) is 0 Å². The van der Waals surface area contributed by atoms with E-state index in [4.69, 9.17) is 10.5 Å². The molecule has 6 nitrogen and oxygen atoms in total. The number of nitrogens with two attached hydrogens (primary N) is 1. The molecule has 1 saturated carbocycles. The number of ether oxygens (including phenoxy) is 1. The van der Waals surface area contributed by atoms with Crippen molar-refractivity contribution in [1.29, 1.82) is 0 Å². The summed E-state index contributed by atoms with van der Waals surface area (Å²) >= 11 is 0. The lowest BCUT2D eigenvalue weighted by molar-refractivity contribution is -0.121. The Bertz CT molecular complexity index is 888. The molecule has 0 saturated heterocycles. The molecule has 1 fully saturated rings. The summed E-state index contributed by atoms with van der Waals surface area (Å²) in [7, 11) is 0. The lowest BCUT2D eigenvalue weighted by Crippen LogP contribution is -2.48. The number of benzene rings is 1. The predicted octanol–water partition coefficient (Wildman–Crippen LogP) is 3.97. The third-order valence-electron chi connectivity index (χ3n) is 4.86. The third kappa shape index (κ3) is 4.76. The van der Waals surface area contributed by atoms with Crippen LogP contribution in [0.15, 0.2) is 54.9 Å². The van der Waals surface area contributed by atoms with E-state index in [-0.39, 0.29) is 30.7 Å². The van der Waals surface area contributed by atoms with Gasteiger partial charge in [-0.15, -0.1) is 24.8 Å². The highest BCUT2D eigenvalue weighted by molar-refractivity contribution is 5.98. The Morgan fingerprint density at radius 2 is 1.86 bits per heavy atom. The standard InChI is InChI=1S/C20H22N4O2.2ClH/c21-20(10-2-3-11-20)19(25)23-15-6-8-17(9-7-15)26-14-16-13-24-12-4-1-5-18(24)22-16;;/h1,4-9,12-13H,2-3,10-11,14,21H2,(H,23,25);2*1H. The van der Waals surface area contributed by atoms with Gasteiger partial charge in [-0.2, -0.15) is 0 Å². The van der Waals surface area contributed by atoms with E-state index in [9.17, 15) is 4.79 Å². The van der Waals surface area contributed by atoms with Gasteiger partial charge < -0.3 is 20.2 Å². The third-order valence-corrected chi connectivity index (χ3v) is 4.86. The number of hydrogen-bond donors (Lipinski definition) is 2. The number of carbonyl (C=O) groups excluding carboxylic acids is 1. The van der Waals surface area contributed by atoms with Gasteiger partial charge in [-0.3, -0.25) is 4.79 Å². The molecule has 2 aromatic heterocycles. The van der Waals surface area contributed by atoms with Gasteiger partial charge in [0.25, 0.3) is 0 Å². The van der Waals surface area contributed by atoms with E-state index < -0.39 is 5.54 Å². The van der Waals surface area contributed by atoms with E-state index in [1.807, 2.05) is 59.3 Å². The van der Waals surface area contributed by atoms with Crippen molar-refractivity contribution in [3.05, 3.63) is 60.6 Å². The summed E-state index contributed by atoms with van der Waals surface area (Å²) in [6, 6.07) is 13.2. The van der Waals surface area contributed by atoms with Gasteiger partial charge in [0.1, 0.15) is 18.0 Å². The number of nitrogens with one attached hydrogen (secondary N) is 1. The quantitative estimate of drug-likeness (QED) is 0.651. The number of rotatable bonds is 5. The maximum atomic E-state index is 12.3. The van der Waals surface area contributed by atoms with Crippen LogP contribution in [0.25, 0.3) is 5.65 Å². The van der Waals surface area contributed by atoms with E-state index in [2.05, 4.69) is 10.3 Å². The first-order valence-electron chi connectivity index (χ1n) is 8.88. The van der Waals surface area contributed by atoms with Gasteiger partial charge in [-0.1, -0.05) is 18.9 Å².